The number of aromatic amines is 3. The molecule has 0 saturated carbocycles. The topological polar surface area (TPSA) is 167 Å². The van der Waals surface area contributed by atoms with Crippen LogP contribution < -0.4 is 25.0 Å². The van der Waals surface area contributed by atoms with E-state index in [1.165, 1.54) is 5.69 Å². The fraction of sp³-hybridized carbons (Fsp3) is 0.154. The van der Waals surface area contributed by atoms with Gasteiger partial charge in [0, 0.05) is 46.3 Å². The molecule has 6 heterocycles. The SMILES string of the molecule is COc1cccc2nc(Nc3ccc(N4CCOCC4)cc3)c3[nH]ncc3c12.COc1cccc2nc(Nc3ccc4cn[nH]c4c3)c3[nH]ncc3c12. The number of hydrogen-bond donors (Lipinski definition) is 5. The normalized spacial score (nSPS) is 13.1. The highest BCUT2D eigenvalue weighted by Gasteiger charge is 2.16. The highest BCUT2D eigenvalue weighted by molar-refractivity contribution is 6.12. The third-order valence-electron chi connectivity index (χ3n) is 9.41. The van der Waals surface area contributed by atoms with E-state index in [1.807, 2.05) is 60.8 Å². The van der Waals surface area contributed by atoms with E-state index >= 15 is 0 Å². The Kier molecular flexibility index (Phi) is 8.25. The van der Waals surface area contributed by atoms with Crippen LogP contribution in [0.4, 0.5) is 28.7 Å². The summed E-state index contributed by atoms with van der Waals surface area (Å²) in [6.07, 6.45) is 5.41. The molecule has 10 rings (SSSR count). The number of nitrogens with one attached hydrogen (secondary N) is 5. The standard InChI is InChI=1S/C21H21N5O2.C18H14N6O/c1-27-18-4-2-3-17-19(18)16-13-22-25-20(16)21(24-17)23-14-5-7-15(8-6-14)26-9-11-28-12-10-26;1-25-15-4-2-3-13-16(15)12-9-20-24-17(12)18(22-13)21-11-6-5-10-8-19-23-14(10)7-11/h2-8,13H,9-12H2,1H3,(H,22,25)(H,23,24);2-9H,1H3,(H,19,23)(H,20,24)(H,21,22). The molecule has 264 valence electrons. The summed E-state index contributed by atoms with van der Waals surface area (Å²) in [6.45, 7) is 3.41. The molecule has 1 aliphatic heterocycles. The summed E-state index contributed by atoms with van der Waals surface area (Å²) in [5.74, 6) is 3.03. The van der Waals surface area contributed by atoms with E-state index in [4.69, 9.17) is 24.2 Å². The second-order valence-electron chi connectivity index (χ2n) is 12.5. The van der Waals surface area contributed by atoms with Gasteiger partial charge >= 0.3 is 0 Å². The Labute approximate surface area is 302 Å². The Morgan fingerprint density at radius 2 is 1.21 bits per heavy atom. The Morgan fingerprint density at radius 1 is 0.642 bits per heavy atom. The molecular formula is C39H35N11O3. The summed E-state index contributed by atoms with van der Waals surface area (Å²) in [5, 5.41) is 33.3. The van der Waals surface area contributed by atoms with Gasteiger partial charge in [-0.2, -0.15) is 15.3 Å². The van der Waals surface area contributed by atoms with Crippen molar-refractivity contribution < 1.29 is 14.2 Å². The van der Waals surface area contributed by atoms with Crippen molar-refractivity contribution in [2.45, 2.75) is 0 Å². The van der Waals surface area contributed by atoms with Crippen LogP contribution in [0, 0.1) is 0 Å². The minimum Gasteiger partial charge on any atom is -0.496 e. The lowest BCUT2D eigenvalue weighted by Crippen LogP contribution is -2.36. The molecule has 5 N–H and O–H groups in total. The minimum atomic E-state index is 0.715. The number of ether oxygens (including phenoxy) is 3. The fourth-order valence-electron chi connectivity index (χ4n) is 6.82. The molecule has 14 nitrogen and oxygen atoms in total. The molecule has 0 amide bonds. The largest absolute Gasteiger partial charge is 0.496 e. The number of anilines is 5. The van der Waals surface area contributed by atoms with Crippen molar-refractivity contribution in [3.8, 4) is 11.5 Å². The van der Waals surface area contributed by atoms with Gasteiger partial charge in [0.2, 0.25) is 0 Å². The quantitative estimate of drug-likeness (QED) is 0.112. The molecule has 0 bridgehead atoms. The lowest BCUT2D eigenvalue weighted by Gasteiger charge is -2.28. The van der Waals surface area contributed by atoms with Crippen molar-refractivity contribution in [1.29, 1.82) is 0 Å². The van der Waals surface area contributed by atoms with Crippen LogP contribution >= 0.6 is 0 Å². The van der Waals surface area contributed by atoms with Crippen LogP contribution in [0.1, 0.15) is 0 Å². The molecular weight excluding hydrogens is 671 g/mol. The molecule has 0 radical (unpaired) electrons. The van der Waals surface area contributed by atoms with Gasteiger partial charge in [-0.1, -0.05) is 12.1 Å². The Hall–Kier alpha value is -6.93. The van der Waals surface area contributed by atoms with Gasteiger partial charge in [0.25, 0.3) is 0 Å². The van der Waals surface area contributed by atoms with Crippen LogP contribution in [0.5, 0.6) is 11.5 Å². The van der Waals surface area contributed by atoms with Crippen molar-refractivity contribution in [2.24, 2.45) is 0 Å². The molecule has 14 heteroatoms. The third-order valence-corrected chi connectivity index (χ3v) is 9.41. The predicted molar refractivity (Wildman–Crippen MR) is 208 cm³/mol. The average molecular weight is 706 g/mol. The zero-order valence-corrected chi connectivity index (χ0v) is 29.0. The lowest BCUT2D eigenvalue weighted by molar-refractivity contribution is 0.122. The van der Waals surface area contributed by atoms with Crippen LogP contribution in [-0.4, -0.2) is 81.1 Å². The smallest absolute Gasteiger partial charge is 0.157 e. The van der Waals surface area contributed by atoms with Gasteiger partial charge in [-0.15, -0.1) is 0 Å². The van der Waals surface area contributed by atoms with Gasteiger partial charge in [0.15, 0.2) is 11.6 Å². The molecule has 0 unspecified atom stereocenters. The number of hydrogen-bond acceptors (Lipinski definition) is 11. The van der Waals surface area contributed by atoms with Gasteiger partial charge < -0.3 is 29.7 Å². The third kappa shape index (κ3) is 6.00. The molecule has 1 fully saturated rings. The second-order valence-corrected chi connectivity index (χ2v) is 12.5. The van der Waals surface area contributed by atoms with Gasteiger partial charge in [-0.25, -0.2) is 9.97 Å². The number of morpholine rings is 1. The van der Waals surface area contributed by atoms with Crippen molar-refractivity contribution in [1.82, 2.24) is 40.6 Å². The van der Waals surface area contributed by atoms with Crippen molar-refractivity contribution in [3.63, 3.8) is 0 Å². The molecule has 5 aromatic heterocycles. The Morgan fingerprint density at radius 3 is 1.81 bits per heavy atom. The highest BCUT2D eigenvalue weighted by Crippen LogP contribution is 2.36. The van der Waals surface area contributed by atoms with Crippen LogP contribution in [-0.2, 0) is 4.74 Å². The number of H-pyrrole nitrogens is 3. The lowest BCUT2D eigenvalue weighted by atomic mass is 10.1. The summed E-state index contributed by atoms with van der Waals surface area (Å²) in [4.78, 5) is 11.9. The second kappa shape index (κ2) is 13.7. The van der Waals surface area contributed by atoms with Crippen molar-refractivity contribution in [2.75, 3.05) is 56.1 Å². The number of aromatic nitrogens is 8. The van der Waals surface area contributed by atoms with Crippen molar-refractivity contribution >= 4 is 83.2 Å². The van der Waals surface area contributed by atoms with Gasteiger partial charge in [0.05, 0.1) is 73.3 Å². The molecule has 1 aliphatic rings. The first kappa shape index (κ1) is 32.0. The minimum absolute atomic E-state index is 0.715. The van der Waals surface area contributed by atoms with E-state index < -0.39 is 0 Å². The first-order chi connectivity index (χ1) is 26.2. The maximum absolute atomic E-state index is 5.52. The van der Waals surface area contributed by atoms with E-state index in [-0.39, 0.29) is 0 Å². The van der Waals surface area contributed by atoms with Crippen LogP contribution in [0.15, 0.2) is 97.5 Å². The van der Waals surface area contributed by atoms with E-state index in [0.29, 0.717) is 5.82 Å². The highest BCUT2D eigenvalue weighted by atomic mass is 16.5. The molecule has 1 saturated heterocycles. The van der Waals surface area contributed by atoms with Crippen LogP contribution in [0.25, 0.3) is 54.5 Å². The molecule has 0 atom stereocenters. The zero-order chi connectivity index (χ0) is 35.7. The van der Waals surface area contributed by atoms with Crippen molar-refractivity contribution in [3.05, 3.63) is 97.5 Å². The summed E-state index contributed by atoms with van der Waals surface area (Å²) in [5.41, 5.74) is 7.46. The summed E-state index contributed by atoms with van der Waals surface area (Å²) in [7, 11) is 3.33. The van der Waals surface area contributed by atoms with Gasteiger partial charge in [-0.05, 0) is 66.7 Å². The summed E-state index contributed by atoms with van der Waals surface area (Å²) >= 11 is 0. The number of benzene rings is 4. The maximum atomic E-state index is 5.52. The number of rotatable bonds is 7. The van der Waals surface area contributed by atoms with E-state index in [0.717, 1.165) is 110 Å². The van der Waals surface area contributed by atoms with E-state index in [1.54, 1.807) is 26.6 Å². The number of fused-ring (bicyclic) bond motifs is 7. The monoisotopic (exact) mass is 705 g/mol. The molecule has 53 heavy (non-hydrogen) atoms. The first-order valence-corrected chi connectivity index (χ1v) is 17.2. The van der Waals surface area contributed by atoms with Crippen LogP contribution in [0.3, 0.4) is 0 Å². The van der Waals surface area contributed by atoms with Gasteiger partial charge in [0.1, 0.15) is 22.5 Å². The molecule has 0 spiro atoms. The number of nitrogens with zero attached hydrogens (tertiary/aromatic N) is 6. The van der Waals surface area contributed by atoms with Crippen LogP contribution in [0.2, 0.25) is 0 Å². The Bertz CT molecular complexity index is 2710. The van der Waals surface area contributed by atoms with Gasteiger partial charge in [-0.3, -0.25) is 15.3 Å². The summed E-state index contributed by atoms with van der Waals surface area (Å²) < 4.78 is 16.4. The van der Waals surface area contributed by atoms with E-state index in [2.05, 4.69) is 70.4 Å². The molecule has 9 aromatic rings. The zero-order valence-electron chi connectivity index (χ0n) is 29.0. The number of pyridine rings is 2. The number of methoxy groups -OCH3 is 2. The predicted octanol–water partition coefficient (Wildman–Crippen LogP) is 7.44. The Balaban J connectivity index is 0.000000141. The average Bonchev–Trinajstić information content (AvgIpc) is 4.00. The first-order valence-electron chi connectivity index (χ1n) is 17.2. The van der Waals surface area contributed by atoms with E-state index in [9.17, 15) is 0 Å². The molecule has 4 aromatic carbocycles. The maximum Gasteiger partial charge on any atom is 0.157 e. The molecule has 0 aliphatic carbocycles. The summed E-state index contributed by atoms with van der Waals surface area (Å²) in [6, 6.07) is 26.1. The fourth-order valence-corrected chi connectivity index (χ4v) is 6.82.